The quantitative estimate of drug-likeness (QED) is 0.571. The maximum Gasteiger partial charge on any atom is 0.330 e. The van der Waals surface area contributed by atoms with Gasteiger partial charge in [-0.15, -0.1) is 0 Å². The van der Waals surface area contributed by atoms with Crippen LogP contribution in [0.2, 0.25) is 0 Å². The second-order valence-corrected chi connectivity index (χ2v) is 9.02. The van der Waals surface area contributed by atoms with Crippen LogP contribution in [0.5, 0.6) is 0 Å². The summed E-state index contributed by atoms with van der Waals surface area (Å²) < 4.78 is 24.2. The van der Waals surface area contributed by atoms with Crippen LogP contribution in [0.4, 0.5) is 0 Å². The van der Waals surface area contributed by atoms with Gasteiger partial charge < -0.3 is 24.7 Å². The molecule has 0 aromatic carbocycles. The normalized spacial score (nSPS) is 31.4. The fourth-order valence-electron chi connectivity index (χ4n) is 4.22. The van der Waals surface area contributed by atoms with Gasteiger partial charge in [0, 0.05) is 37.6 Å². The van der Waals surface area contributed by atoms with Gasteiger partial charge >= 0.3 is 11.7 Å². The van der Waals surface area contributed by atoms with E-state index in [1.165, 1.54) is 16.8 Å². The molecule has 174 valence electrons. The summed E-state index contributed by atoms with van der Waals surface area (Å²) in [6.45, 7) is 8.22. The van der Waals surface area contributed by atoms with E-state index in [1.54, 1.807) is 0 Å². The van der Waals surface area contributed by atoms with Crippen molar-refractivity contribution in [2.75, 3.05) is 13.2 Å². The molecule has 3 N–H and O–H groups in total. The first kappa shape index (κ1) is 23.6. The number of hydrogen-bond acceptors (Lipinski definition) is 8. The lowest BCUT2D eigenvalue weighted by molar-refractivity contribution is -0.203. The molecule has 1 aromatic heterocycles. The first-order valence-corrected chi connectivity index (χ1v) is 10.8. The van der Waals surface area contributed by atoms with E-state index in [9.17, 15) is 14.4 Å². The average Bonchev–Trinajstić information content (AvgIpc) is 2.91. The van der Waals surface area contributed by atoms with Crippen LogP contribution in [-0.4, -0.2) is 52.8 Å². The Labute approximate surface area is 181 Å². The highest BCUT2D eigenvalue weighted by Gasteiger charge is 2.54. The van der Waals surface area contributed by atoms with E-state index in [0.29, 0.717) is 32.5 Å². The number of esters is 1. The number of nitrogens with two attached hydrogens (primary N) is 1. The minimum Gasteiger partial charge on any atom is -0.463 e. The Morgan fingerprint density at radius 3 is 2.81 bits per heavy atom. The summed E-state index contributed by atoms with van der Waals surface area (Å²) in [6.07, 6.45) is 1.42. The molecule has 0 radical (unpaired) electrons. The second-order valence-electron chi connectivity index (χ2n) is 9.02. The summed E-state index contributed by atoms with van der Waals surface area (Å²) >= 11 is 0. The molecule has 1 aromatic rings. The van der Waals surface area contributed by atoms with Crippen LogP contribution >= 0.6 is 0 Å². The van der Waals surface area contributed by atoms with Crippen molar-refractivity contribution in [3.63, 3.8) is 0 Å². The highest BCUT2D eigenvalue weighted by atomic mass is 16.7. The molecule has 0 spiro atoms. The summed E-state index contributed by atoms with van der Waals surface area (Å²) in [5.74, 6) is -0.160. The summed E-state index contributed by atoms with van der Waals surface area (Å²) in [5.41, 5.74) is 4.72. The lowest BCUT2D eigenvalue weighted by atomic mass is 9.80. The number of hydrogen-bond donors (Lipinski definition) is 2. The summed E-state index contributed by atoms with van der Waals surface area (Å²) in [4.78, 5) is 37.6. The average molecular weight is 440 g/mol. The summed E-state index contributed by atoms with van der Waals surface area (Å²) in [5, 5.41) is 0. The van der Waals surface area contributed by atoms with Crippen molar-refractivity contribution < 1.29 is 23.7 Å². The number of rotatable bonds is 8. The molecule has 3 heterocycles. The third-order valence-electron chi connectivity index (χ3n) is 5.88. The van der Waals surface area contributed by atoms with E-state index >= 15 is 0 Å². The molecule has 10 nitrogen and oxygen atoms in total. The maximum atomic E-state index is 12.2. The topological polar surface area (TPSA) is 135 Å². The molecule has 10 heteroatoms. The van der Waals surface area contributed by atoms with Gasteiger partial charge in [0.1, 0.15) is 0 Å². The number of carbonyl (C=O) groups excluding carboxylic acids is 1. The second kappa shape index (κ2) is 9.64. The Bertz CT molecular complexity index is 878. The first-order chi connectivity index (χ1) is 14.6. The third-order valence-corrected chi connectivity index (χ3v) is 5.88. The van der Waals surface area contributed by atoms with E-state index in [4.69, 9.17) is 24.7 Å². The van der Waals surface area contributed by atoms with Crippen molar-refractivity contribution in [1.29, 1.82) is 0 Å². The van der Waals surface area contributed by atoms with Gasteiger partial charge in [-0.25, -0.2) is 4.79 Å². The van der Waals surface area contributed by atoms with Gasteiger partial charge in [0.05, 0.1) is 24.4 Å². The number of H-pyrrole nitrogens is 1. The molecule has 0 bridgehead atoms. The Hall–Kier alpha value is -2.01. The van der Waals surface area contributed by atoms with Gasteiger partial charge in [0.25, 0.3) is 5.56 Å². The maximum absolute atomic E-state index is 12.2. The smallest absolute Gasteiger partial charge is 0.330 e. The van der Waals surface area contributed by atoms with Crippen LogP contribution < -0.4 is 17.0 Å². The highest BCUT2D eigenvalue weighted by molar-refractivity contribution is 5.69. The Morgan fingerprint density at radius 1 is 1.39 bits per heavy atom. The predicted molar refractivity (Wildman–Crippen MR) is 111 cm³/mol. The van der Waals surface area contributed by atoms with Crippen LogP contribution in [0.25, 0.3) is 0 Å². The molecule has 0 saturated carbocycles. The number of aromatic amines is 1. The van der Waals surface area contributed by atoms with E-state index in [2.05, 4.69) is 4.98 Å². The van der Waals surface area contributed by atoms with Gasteiger partial charge in [0.15, 0.2) is 12.5 Å². The van der Waals surface area contributed by atoms with Crippen molar-refractivity contribution in [1.82, 2.24) is 9.55 Å². The van der Waals surface area contributed by atoms with Crippen LogP contribution in [0.3, 0.4) is 0 Å². The molecule has 1 unspecified atom stereocenters. The molecule has 2 aliphatic heterocycles. The molecule has 0 amide bonds. The Balaban J connectivity index is 1.53. The minimum absolute atomic E-state index is 0.0893. The summed E-state index contributed by atoms with van der Waals surface area (Å²) in [7, 11) is 0. The number of nitrogens with one attached hydrogen (secondary N) is 1. The Kier molecular flexibility index (Phi) is 7.35. The van der Waals surface area contributed by atoms with Gasteiger partial charge in [-0.1, -0.05) is 6.92 Å². The van der Waals surface area contributed by atoms with Crippen molar-refractivity contribution in [2.45, 2.75) is 77.2 Å². The van der Waals surface area contributed by atoms with E-state index in [0.717, 1.165) is 0 Å². The van der Waals surface area contributed by atoms with Crippen LogP contribution in [0.1, 0.15) is 53.2 Å². The highest BCUT2D eigenvalue weighted by Crippen LogP contribution is 2.45. The van der Waals surface area contributed by atoms with E-state index in [1.807, 2.05) is 27.7 Å². The van der Waals surface area contributed by atoms with Gasteiger partial charge in [-0.05, 0) is 33.1 Å². The van der Waals surface area contributed by atoms with Crippen molar-refractivity contribution in [3.8, 4) is 0 Å². The van der Waals surface area contributed by atoms with Crippen molar-refractivity contribution >= 4 is 5.97 Å². The molecule has 2 aliphatic rings. The monoisotopic (exact) mass is 439 g/mol. The van der Waals surface area contributed by atoms with Crippen molar-refractivity contribution in [3.05, 3.63) is 33.1 Å². The van der Waals surface area contributed by atoms with Crippen LogP contribution in [0.15, 0.2) is 21.9 Å². The lowest BCUT2D eigenvalue weighted by Gasteiger charge is -2.36. The molecular formula is C21H33N3O7. The molecule has 2 fully saturated rings. The minimum atomic E-state index is -0.855. The van der Waals surface area contributed by atoms with Gasteiger partial charge in [0.2, 0.25) is 0 Å². The number of ether oxygens (including phenoxy) is 4. The predicted octanol–water partition coefficient (Wildman–Crippen LogP) is 0.899. The Morgan fingerprint density at radius 2 is 2.13 bits per heavy atom. The lowest BCUT2D eigenvalue weighted by Crippen LogP contribution is -2.53. The summed E-state index contributed by atoms with van der Waals surface area (Å²) in [6, 6.07) is 1.27. The SMILES string of the molecule is CC(CCO[C@H]1C[C@@H]2[C@@H](CO1)O[C@@H](n1ccc(=O)[nH]c1=O)[C@]2(C)N)CC(=O)OC(C)C. The largest absolute Gasteiger partial charge is 0.463 e. The van der Waals surface area contributed by atoms with E-state index in [-0.39, 0.29) is 30.0 Å². The number of carbonyl (C=O) groups is 1. The zero-order valence-corrected chi connectivity index (χ0v) is 18.5. The van der Waals surface area contributed by atoms with Gasteiger partial charge in [-0.2, -0.15) is 0 Å². The van der Waals surface area contributed by atoms with E-state index < -0.39 is 29.3 Å². The van der Waals surface area contributed by atoms with Crippen LogP contribution in [-0.2, 0) is 23.7 Å². The fourth-order valence-corrected chi connectivity index (χ4v) is 4.22. The van der Waals surface area contributed by atoms with Gasteiger partial charge in [-0.3, -0.25) is 19.1 Å². The zero-order valence-electron chi connectivity index (χ0n) is 18.5. The van der Waals surface area contributed by atoms with Crippen molar-refractivity contribution in [2.24, 2.45) is 17.6 Å². The first-order valence-electron chi connectivity index (χ1n) is 10.8. The molecule has 0 aliphatic carbocycles. The standard InChI is InChI=1S/C21H33N3O7/c1-12(2)30-17(26)9-13(3)6-8-28-18-10-14-15(11-29-18)31-19(21(14,4)22)24-7-5-16(25)23-20(24)27/h5,7,12-15,18-19H,6,8-11,22H2,1-4H3,(H,23,25,27)/t13?,14-,15-,18-,19-,21-/m1/s1. The molecular weight excluding hydrogens is 406 g/mol. The zero-order chi connectivity index (χ0) is 22.8. The molecule has 31 heavy (non-hydrogen) atoms. The van der Waals surface area contributed by atoms with Crippen LogP contribution in [0, 0.1) is 11.8 Å². The number of nitrogens with zero attached hydrogens (tertiary/aromatic N) is 1. The third kappa shape index (κ3) is 5.62. The number of fused-ring (bicyclic) bond motifs is 1. The molecule has 2 saturated heterocycles. The fraction of sp³-hybridized carbons (Fsp3) is 0.762. The molecule has 6 atom stereocenters. The molecule has 3 rings (SSSR count). The number of aromatic nitrogens is 2.